The van der Waals surface area contributed by atoms with Crippen LogP contribution in [0.2, 0.25) is 0 Å². The standard InChI is InChI=1S/C20H18N2O/c1-14-7-3-5-9-17(14)20-21-18(15(2)23-20)13-22-12-11-16-8-4-6-10-19(16)22/h3-12H,13H2,1-2H3. The van der Waals surface area contributed by atoms with Crippen molar-refractivity contribution in [1.82, 2.24) is 9.55 Å². The molecule has 4 rings (SSSR count). The molecule has 0 aliphatic heterocycles. The molecule has 3 heteroatoms. The first-order valence-corrected chi connectivity index (χ1v) is 7.78. The Morgan fingerprint density at radius 1 is 0.957 bits per heavy atom. The maximum Gasteiger partial charge on any atom is 0.226 e. The van der Waals surface area contributed by atoms with Gasteiger partial charge in [-0.1, -0.05) is 36.4 Å². The molecule has 23 heavy (non-hydrogen) atoms. The first-order valence-electron chi connectivity index (χ1n) is 7.78. The SMILES string of the molecule is Cc1ccccc1-c1nc(Cn2ccc3ccccc32)c(C)o1. The van der Waals surface area contributed by atoms with Gasteiger partial charge in [-0.05, 0) is 43.0 Å². The highest BCUT2D eigenvalue weighted by Gasteiger charge is 2.14. The van der Waals surface area contributed by atoms with Crippen LogP contribution in [-0.2, 0) is 6.54 Å². The lowest BCUT2D eigenvalue weighted by atomic mass is 10.1. The van der Waals surface area contributed by atoms with Gasteiger partial charge in [0.15, 0.2) is 0 Å². The second-order valence-corrected chi connectivity index (χ2v) is 5.84. The average molecular weight is 302 g/mol. The molecule has 0 aliphatic rings. The fraction of sp³-hybridized carbons (Fsp3) is 0.150. The van der Waals surface area contributed by atoms with E-state index in [1.807, 2.05) is 19.1 Å². The Kier molecular flexibility index (Phi) is 3.27. The van der Waals surface area contributed by atoms with E-state index in [1.54, 1.807) is 0 Å². The Labute approximate surface area is 135 Å². The summed E-state index contributed by atoms with van der Waals surface area (Å²) < 4.78 is 8.13. The van der Waals surface area contributed by atoms with Crippen LogP contribution in [0.15, 0.2) is 65.2 Å². The molecule has 0 amide bonds. The molecule has 2 aromatic heterocycles. The molecule has 0 saturated carbocycles. The predicted molar refractivity (Wildman–Crippen MR) is 92.5 cm³/mol. The zero-order valence-electron chi connectivity index (χ0n) is 13.3. The quantitative estimate of drug-likeness (QED) is 0.535. The van der Waals surface area contributed by atoms with Crippen LogP contribution in [0.1, 0.15) is 17.0 Å². The van der Waals surface area contributed by atoms with Crippen LogP contribution in [0.3, 0.4) is 0 Å². The molecule has 0 saturated heterocycles. The highest BCUT2D eigenvalue weighted by Crippen LogP contribution is 2.26. The minimum absolute atomic E-state index is 0.701. The lowest BCUT2D eigenvalue weighted by Crippen LogP contribution is -1.99. The van der Waals surface area contributed by atoms with Gasteiger partial charge in [0.2, 0.25) is 5.89 Å². The lowest BCUT2D eigenvalue weighted by molar-refractivity contribution is 0.538. The topological polar surface area (TPSA) is 31.0 Å². The van der Waals surface area contributed by atoms with Crippen molar-refractivity contribution >= 4 is 10.9 Å². The molecule has 114 valence electrons. The molecule has 0 unspecified atom stereocenters. The van der Waals surface area contributed by atoms with Crippen molar-refractivity contribution < 1.29 is 4.42 Å². The van der Waals surface area contributed by atoms with E-state index in [1.165, 1.54) is 16.5 Å². The number of fused-ring (bicyclic) bond motifs is 1. The Morgan fingerprint density at radius 2 is 1.74 bits per heavy atom. The summed E-state index contributed by atoms with van der Waals surface area (Å²) in [5.41, 5.74) is 4.42. The van der Waals surface area contributed by atoms with Gasteiger partial charge in [0.25, 0.3) is 0 Å². The van der Waals surface area contributed by atoms with Crippen LogP contribution in [0.5, 0.6) is 0 Å². The van der Waals surface area contributed by atoms with E-state index in [-0.39, 0.29) is 0 Å². The van der Waals surface area contributed by atoms with Crippen LogP contribution in [0.25, 0.3) is 22.4 Å². The molecule has 0 spiro atoms. The van der Waals surface area contributed by atoms with Crippen molar-refractivity contribution in [3.05, 3.63) is 77.8 Å². The smallest absolute Gasteiger partial charge is 0.226 e. The summed E-state index contributed by atoms with van der Waals surface area (Å²) in [5.74, 6) is 1.58. The summed E-state index contributed by atoms with van der Waals surface area (Å²) in [5, 5.41) is 1.24. The number of hydrogen-bond donors (Lipinski definition) is 0. The van der Waals surface area contributed by atoms with Crippen LogP contribution < -0.4 is 0 Å². The number of aryl methyl sites for hydroxylation is 2. The zero-order valence-corrected chi connectivity index (χ0v) is 13.3. The van der Waals surface area contributed by atoms with E-state index >= 15 is 0 Å². The Bertz CT molecular complexity index is 978. The van der Waals surface area contributed by atoms with E-state index < -0.39 is 0 Å². The molecule has 2 aromatic carbocycles. The molecule has 4 aromatic rings. The molecular weight excluding hydrogens is 284 g/mol. The van der Waals surface area contributed by atoms with E-state index in [0.717, 1.165) is 17.0 Å². The molecule has 0 radical (unpaired) electrons. The van der Waals surface area contributed by atoms with Crippen LogP contribution in [0, 0.1) is 13.8 Å². The van der Waals surface area contributed by atoms with Crippen LogP contribution in [0.4, 0.5) is 0 Å². The monoisotopic (exact) mass is 302 g/mol. The summed E-state index contributed by atoms with van der Waals surface area (Å²) in [4.78, 5) is 4.74. The Hall–Kier alpha value is -2.81. The number of nitrogens with zero attached hydrogens (tertiary/aromatic N) is 2. The summed E-state index contributed by atoms with van der Waals surface area (Å²) in [7, 11) is 0. The maximum atomic E-state index is 5.92. The van der Waals surface area contributed by atoms with Gasteiger partial charge in [-0.2, -0.15) is 0 Å². The van der Waals surface area contributed by atoms with Crippen molar-refractivity contribution in [2.75, 3.05) is 0 Å². The number of benzene rings is 2. The van der Waals surface area contributed by atoms with Crippen LogP contribution >= 0.6 is 0 Å². The minimum Gasteiger partial charge on any atom is -0.441 e. The van der Waals surface area contributed by atoms with Gasteiger partial charge in [-0.25, -0.2) is 4.98 Å². The molecule has 0 bridgehead atoms. The van der Waals surface area contributed by atoms with Crippen molar-refractivity contribution in [1.29, 1.82) is 0 Å². The lowest BCUT2D eigenvalue weighted by Gasteiger charge is -2.03. The number of rotatable bonds is 3. The van der Waals surface area contributed by atoms with Crippen molar-refractivity contribution in [2.45, 2.75) is 20.4 Å². The van der Waals surface area contributed by atoms with Gasteiger partial charge < -0.3 is 8.98 Å². The molecule has 2 heterocycles. The average Bonchev–Trinajstić information content (AvgIpc) is 3.13. The summed E-state index contributed by atoms with van der Waals surface area (Å²) in [6, 6.07) is 18.7. The minimum atomic E-state index is 0.701. The third-order valence-electron chi connectivity index (χ3n) is 4.27. The fourth-order valence-electron chi connectivity index (χ4n) is 2.94. The fourth-order valence-corrected chi connectivity index (χ4v) is 2.94. The molecule has 0 fully saturated rings. The Balaban J connectivity index is 1.72. The predicted octanol–water partition coefficient (Wildman–Crippen LogP) is 4.96. The molecule has 0 aliphatic carbocycles. The maximum absolute atomic E-state index is 5.92. The normalized spacial score (nSPS) is 11.2. The number of oxazole rings is 1. The number of para-hydroxylation sites is 1. The molecule has 0 atom stereocenters. The van der Waals surface area contributed by atoms with Crippen molar-refractivity contribution in [3.8, 4) is 11.5 Å². The van der Waals surface area contributed by atoms with Gasteiger partial charge in [0.05, 0.1) is 6.54 Å². The highest BCUT2D eigenvalue weighted by atomic mass is 16.4. The number of hydrogen-bond acceptors (Lipinski definition) is 2. The van der Waals surface area contributed by atoms with Gasteiger partial charge >= 0.3 is 0 Å². The van der Waals surface area contributed by atoms with Crippen LogP contribution in [-0.4, -0.2) is 9.55 Å². The number of aromatic nitrogens is 2. The van der Waals surface area contributed by atoms with Gasteiger partial charge in [0.1, 0.15) is 11.5 Å². The largest absolute Gasteiger partial charge is 0.441 e. The molecule has 3 nitrogen and oxygen atoms in total. The summed E-state index contributed by atoms with van der Waals surface area (Å²) in [6.45, 7) is 4.78. The zero-order chi connectivity index (χ0) is 15.8. The van der Waals surface area contributed by atoms with Crippen molar-refractivity contribution in [2.24, 2.45) is 0 Å². The molecule has 0 N–H and O–H groups in total. The summed E-state index contributed by atoms with van der Waals surface area (Å²) >= 11 is 0. The van der Waals surface area contributed by atoms with Crippen molar-refractivity contribution in [3.63, 3.8) is 0 Å². The third kappa shape index (κ3) is 2.44. The second-order valence-electron chi connectivity index (χ2n) is 5.84. The van der Waals surface area contributed by atoms with Gasteiger partial charge in [0, 0.05) is 17.3 Å². The highest BCUT2D eigenvalue weighted by molar-refractivity contribution is 5.80. The summed E-state index contributed by atoms with van der Waals surface area (Å²) in [6.07, 6.45) is 2.10. The third-order valence-corrected chi connectivity index (χ3v) is 4.27. The van der Waals surface area contributed by atoms with E-state index in [9.17, 15) is 0 Å². The van der Waals surface area contributed by atoms with Gasteiger partial charge in [-0.3, -0.25) is 0 Å². The first kappa shape index (κ1) is 13.8. The first-order chi connectivity index (χ1) is 11.2. The van der Waals surface area contributed by atoms with E-state index in [0.29, 0.717) is 12.4 Å². The Morgan fingerprint density at radius 3 is 2.61 bits per heavy atom. The van der Waals surface area contributed by atoms with E-state index in [4.69, 9.17) is 9.40 Å². The van der Waals surface area contributed by atoms with E-state index in [2.05, 4.69) is 60.2 Å². The molecular formula is C20H18N2O. The van der Waals surface area contributed by atoms with Gasteiger partial charge in [-0.15, -0.1) is 0 Å². The second kappa shape index (κ2) is 5.43.